The first kappa shape index (κ1) is 25.9. The zero-order valence-electron chi connectivity index (χ0n) is 18.8. The van der Waals surface area contributed by atoms with Crippen molar-refractivity contribution in [3.05, 3.63) is 58.1 Å². The number of benzene rings is 2. The zero-order valence-corrected chi connectivity index (χ0v) is 18.8. The lowest BCUT2D eigenvalue weighted by Crippen LogP contribution is -2.50. The van der Waals surface area contributed by atoms with Gasteiger partial charge in [0.25, 0.3) is 5.69 Å². The van der Waals surface area contributed by atoms with Gasteiger partial charge in [0.15, 0.2) is 0 Å². The highest BCUT2D eigenvalue weighted by molar-refractivity contribution is 5.94. The Kier molecular flexibility index (Phi) is 8.25. The first-order valence-corrected chi connectivity index (χ1v) is 10.6. The number of alkyl halides is 3. The number of piperazine rings is 1. The third-order valence-electron chi connectivity index (χ3n) is 5.20. The molecule has 1 heterocycles. The predicted molar refractivity (Wildman–Crippen MR) is 121 cm³/mol. The van der Waals surface area contributed by atoms with E-state index in [1.165, 1.54) is 24.3 Å². The van der Waals surface area contributed by atoms with Crippen molar-refractivity contribution in [1.82, 2.24) is 9.80 Å². The SMILES string of the molecule is Cc1ccc(NC(=O)CN2CCN(CC(=O)Nc3ccc(OC(F)(F)F)cc3)CC2)c([N+](=O)[O-])c1. The fraction of sp³-hybridized carbons (Fsp3) is 0.364. The van der Waals surface area contributed by atoms with Gasteiger partial charge in [0, 0.05) is 37.9 Å². The van der Waals surface area contributed by atoms with E-state index in [0.29, 0.717) is 37.4 Å². The second-order valence-electron chi connectivity index (χ2n) is 8.00. The maximum atomic E-state index is 12.4. The number of nitrogens with one attached hydrogen (secondary N) is 2. The normalized spacial score (nSPS) is 14.9. The van der Waals surface area contributed by atoms with Gasteiger partial charge in [0.05, 0.1) is 18.0 Å². The summed E-state index contributed by atoms with van der Waals surface area (Å²) in [4.78, 5) is 39.1. The van der Waals surface area contributed by atoms with Crippen molar-refractivity contribution in [2.24, 2.45) is 0 Å². The number of anilines is 2. The molecule has 2 amide bonds. The molecule has 1 aliphatic rings. The van der Waals surface area contributed by atoms with Crippen LogP contribution >= 0.6 is 0 Å². The molecule has 0 aromatic heterocycles. The number of aryl methyl sites for hydroxylation is 1. The van der Waals surface area contributed by atoms with Crippen molar-refractivity contribution in [3.8, 4) is 5.75 Å². The van der Waals surface area contributed by atoms with Gasteiger partial charge in [-0.25, -0.2) is 0 Å². The molecule has 0 bridgehead atoms. The second kappa shape index (κ2) is 11.1. The topological polar surface area (TPSA) is 117 Å². The molecule has 0 aliphatic carbocycles. The summed E-state index contributed by atoms with van der Waals surface area (Å²) in [5.74, 6) is -1.08. The average Bonchev–Trinajstić information content (AvgIpc) is 2.76. The maximum absolute atomic E-state index is 12.4. The van der Waals surface area contributed by atoms with Gasteiger partial charge in [-0.3, -0.25) is 29.5 Å². The Balaban J connectivity index is 1.42. The molecular weight excluding hydrogens is 471 g/mol. The molecule has 1 fully saturated rings. The van der Waals surface area contributed by atoms with Gasteiger partial charge in [-0.15, -0.1) is 13.2 Å². The zero-order chi connectivity index (χ0) is 25.6. The van der Waals surface area contributed by atoms with Crippen LogP contribution in [0.2, 0.25) is 0 Å². The second-order valence-corrected chi connectivity index (χ2v) is 8.00. The van der Waals surface area contributed by atoms with Gasteiger partial charge in [-0.1, -0.05) is 6.07 Å². The summed E-state index contributed by atoms with van der Waals surface area (Å²) in [5.41, 5.74) is 1.02. The van der Waals surface area contributed by atoms with Crippen molar-refractivity contribution in [2.45, 2.75) is 13.3 Å². The van der Waals surface area contributed by atoms with Crippen molar-refractivity contribution in [1.29, 1.82) is 0 Å². The van der Waals surface area contributed by atoms with Crippen LogP contribution in [0.5, 0.6) is 5.75 Å². The molecular formula is C22H24F3N5O5. The fourth-order valence-electron chi connectivity index (χ4n) is 3.54. The van der Waals surface area contributed by atoms with Crippen molar-refractivity contribution in [2.75, 3.05) is 49.9 Å². The summed E-state index contributed by atoms with van der Waals surface area (Å²) in [5, 5.41) is 16.4. The molecule has 13 heteroatoms. The average molecular weight is 495 g/mol. The van der Waals surface area contributed by atoms with Crippen LogP contribution in [0.1, 0.15) is 5.56 Å². The number of nitro groups is 1. The van der Waals surface area contributed by atoms with E-state index in [9.17, 15) is 32.9 Å². The Bertz CT molecular complexity index is 1070. The standard InChI is InChI=1S/C22H24F3N5O5/c1-15-2-7-18(19(12-15)30(33)34)27-21(32)14-29-10-8-28(9-11-29)13-20(31)26-16-3-5-17(6-4-16)35-22(23,24)25/h2-7,12H,8-11,13-14H2,1H3,(H,26,31)(H,27,32). The number of hydrogen-bond acceptors (Lipinski definition) is 7. The molecule has 0 spiro atoms. The molecule has 0 saturated carbocycles. The molecule has 1 aliphatic heterocycles. The minimum absolute atomic E-state index is 0.0530. The first-order chi connectivity index (χ1) is 16.5. The van der Waals surface area contributed by atoms with Crippen LogP contribution in [0.4, 0.5) is 30.2 Å². The Hall–Kier alpha value is -3.71. The van der Waals surface area contributed by atoms with E-state index >= 15 is 0 Å². The smallest absolute Gasteiger partial charge is 0.406 e. The third kappa shape index (κ3) is 8.22. The van der Waals surface area contributed by atoms with Crippen LogP contribution in [-0.2, 0) is 9.59 Å². The van der Waals surface area contributed by atoms with Gasteiger partial charge < -0.3 is 15.4 Å². The first-order valence-electron chi connectivity index (χ1n) is 10.6. The fourth-order valence-corrected chi connectivity index (χ4v) is 3.54. The van der Waals surface area contributed by atoms with E-state index in [1.54, 1.807) is 13.0 Å². The quantitative estimate of drug-likeness (QED) is 0.427. The number of nitro benzene ring substituents is 1. The van der Waals surface area contributed by atoms with Crippen LogP contribution in [0.3, 0.4) is 0 Å². The molecule has 2 aromatic rings. The highest BCUT2D eigenvalue weighted by Crippen LogP contribution is 2.25. The van der Waals surface area contributed by atoms with Gasteiger partial charge in [0.2, 0.25) is 11.8 Å². The number of carbonyl (C=O) groups is 2. The third-order valence-corrected chi connectivity index (χ3v) is 5.20. The molecule has 0 atom stereocenters. The minimum atomic E-state index is -4.79. The lowest BCUT2D eigenvalue weighted by atomic mass is 10.2. The summed E-state index contributed by atoms with van der Waals surface area (Å²) in [6.07, 6.45) is -4.79. The Morgan fingerprint density at radius 1 is 0.971 bits per heavy atom. The largest absolute Gasteiger partial charge is 0.573 e. The van der Waals surface area contributed by atoms with Gasteiger partial charge >= 0.3 is 6.36 Å². The van der Waals surface area contributed by atoms with Crippen LogP contribution in [-0.4, -0.2) is 72.2 Å². The highest BCUT2D eigenvalue weighted by atomic mass is 19.4. The Labute approximate surface area is 198 Å². The summed E-state index contributed by atoms with van der Waals surface area (Å²) >= 11 is 0. The number of carbonyl (C=O) groups excluding carboxylic acids is 2. The lowest BCUT2D eigenvalue weighted by Gasteiger charge is -2.33. The van der Waals surface area contributed by atoms with Gasteiger partial charge in [0.1, 0.15) is 11.4 Å². The summed E-state index contributed by atoms with van der Waals surface area (Å²) < 4.78 is 40.4. The van der Waals surface area contributed by atoms with E-state index in [0.717, 1.165) is 12.1 Å². The van der Waals surface area contributed by atoms with Crippen LogP contribution in [0.25, 0.3) is 0 Å². The van der Waals surface area contributed by atoms with E-state index < -0.39 is 11.3 Å². The molecule has 0 radical (unpaired) electrons. The van der Waals surface area contributed by atoms with E-state index in [-0.39, 0.29) is 42.0 Å². The van der Waals surface area contributed by atoms with Crippen molar-refractivity contribution < 1.29 is 32.4 Å². The number of amides is 2. The number of halogens is 3. The van der Waals surface area contributed by atoms with E-state index in [2.05, 4.69) is 15.4 Å². The highest BCUT2D eigenvalue weighted by Gasteiger charge is 2.31. The molecule has 10 nitrogen and oxygen atoms in total. The van der Waals surface area contributed by atoms with Crippen LogP contribution in [0.15, 0.2) is 42.5 Å². The van der Waals surface area contributed by atoms with Gasteiger partial charge in [-0.05, 0) is 42.8 Å². The molecule has 35 heavy (non-hydrogen) atoms. The lowest BCUT2D eigenvalue weighted by molar-refractivity contribution is -0.384. The van der Waals surface area contributed by atoms with E-state index in [4.69, 9.17) is 0 Å². The van der Waals surface area contributed by atoms with E-state index in [1.807, 2.05) is 9.80 Å². The molecule has 3 rings (SSSR count). The molecule has 1 saturated heterocycles. The number of rotatable bonds is 8. The predicted octanol–water partition coefficient (Wildman–Crippen LogP) is 3.00. The minimum Gasteiger partial charge on any atom is -0.406 e. The number of nitrogens with zero attached hydrogens (tertiary/aromatic N) is 3. The summed E-state index contributed by atoms with van der Waals surface area (Å²) in [7, 11) is 0. The maximum Gasteiger partial charge on any atom is 0.573 e. The number of ether oxygens (including phenoxy) is 1. The molecule has 2 N–H and O–H groups in total. The Morgan fingerprint density at radius 3 is 2.03 bits per heavy atom. The Morgan fingerprint density at radius 2 is 1.51 bits per heavy atom. The van der Waals surface area contributed by atoms with Crippen molar-refractivity contribution in [3.63, 3.8) is 0 Å². The molecule has 2 aromatic carbocycles. The van der Waals surface area contributed by atoms with Crippen LogP contribution in [0, 0.1) is 17.0 Å². The summed E-state index contributed by atoms with van der Waals surface area (Å²) in [6.45, 7) is 3.92. The monoisotopic (exact) mass is 495 g/mol. The summed E-state index contributed by atoms with van der Waals surface area (Å²) in [6, 6.07) is 9.41. The molecule has 0 unspecified atom stereocenters. The molecule has 188 valence electrons. The number of hydrogen-bond donors (Lipinski definition) is 2. The van der Waals surface area contributed by atoms with Crippen LogP contribution < -0.4 is 15.4 Å². The van der Waals surface area contributed by atoms with Gasteiger partial charge in [-0.2, -0.15) is 0 Å². The van der Waals surface area contributed by atoms with Crippen molar-refractivity contribution >= 4 is 28.9 Å².